The maximum atomic E-state index is 13.9. The molecule has 2 N–H and O–H groups in total. The maximum absolute atomic E-state index is 13.9. The molecule has 0 amide bonds. The Hall–Kier alpha value is -1.17. The van der Waals surface area contributed by atoms with E-state index in [1.54, 1.807) is 6.07 Å². The predicted octanol–water partition coefficient (Wildman–Crippen LogP) is 1.32. The Kier molecular flexibility index (Phi) is 3.62. The van der Waals surface area contributed by atoms with Crippen molar-refractivity contribution in [1.29, 1.82) is 0 Å². The Balaban J connectivity index is 2.59. The molecule has 0 unspecified atom stereocenters. The predicted molar refractivity (Wildman–Crippen MR) is 69.4 cm³/mol. The minimum atomic E-state index is -0.368. The molecule has 0 aliphatic carbocycles. The minimum Gasteiger partial charge on any atom is -0.449 e. The molecule has 2 aromatic rings. The number of halogens is 1. The van der Waals surface area contributed by atoms with Crippen LogP contribution in [0.5, 0.6) is 0 Å². The molecule has 0 spiro atoms. The number of hydrogen-bond donors (Lipinski definition) is 2. The van der Waals surface area contributed by atoms with Gasteiger partial charge in [0.25, 0.3) is 0 Å². The Morgan fingerprint density at radius 2 is 2.06 bits per heavy atom. The van der Waals surface area contributed by atoms with E-state index in [0.29, 0.717) is 16.6 Å². The third-order valence-electron chi connectivity index (χ3n) is 2.78. The van der Waals surface area contributed by atoms with E-state index in [2.05, 4.69) is 0 Å². The van der Waals surface area contributed by atoms with Gasteiger partial charge in [-0.25, -0.2) is 4.39 Å². The number of thiophene rings is 1. The van der Waals surface area contributed by atoms with Crippen LogP contribution < -0.4 is 5.46 Å². The van der Waals surface area contributed by atoms with Gasteiger partial charge < -0.3 is 10.1 Å². The van der Waals surface area contributed by atoms with Gasteiger partial charge in [0.1, 0.15) is 5.82 Å². The number of aliphatic hydroxyl groups is 1. The van der Waals surface area contributed by atoms with E-state index >= 15 is 0 Å². The van der Waals surface area contributed by atoms with E-state index in [0.717, 1.165) is 11.1 Å². The molecule has 1 aromatic carbocycles. The molecule has 0 aliphatic heterocycles. The standard InChI is InChI=1S/C12H12BFO2S/c1-7-5-17-6-10(7)9-3-11(13-16)8(4-15)2-12(9)14/h2-3,5-6,13,15-16H,4H2,1H3. The van der Waals surface area contributed by atoms with Crippen LogP contribution in [0.2, 0.25) is 0 Å². The van der Waals surface area contributed by atoms with Crippen LogP contribution in [0.25, 0.3) is 11.1 Å². The van der Waals surface area contributed by atoms with Gasteiger partial charge in [0, 0.05) is 5.56 Å². The van der Waals surface area contributed by atoms with Crippen LogP contribution in [0.15, 0.2) is 22.9 Å². The molecule has 5 heteroatoms. The summed E-state index contributed by atoms with van der Waals surface area (Å²) in [6.07, 6.45) is 0. The van der Waals surface area contributed by atoms with Crippen molar-refractivity contribution < 1.29 is 14.5 Å². The highest BCUT2D eigenvalue weighted by Gasteiger charge is 2.13. The van der Waals surface area contributed by atoms with E-state index in [4.69, 9.17) is 5.11 Å². The summed E-state index contributed by atoms with van der Waals surface area (Å²) in [5.74, 6) is -0.368. The summed E-state index contributed by atoms with van der Waals surface area (Å²) in [5, 5.41) is 22.1. The zero-order chi connectivity index (χ0) is 12.4. The number of aryl methyl sites for hydroxylation is 1. The van der Waals surface area contributed by atoms with Crippen molar-refractivity contribution in [3.05, 3.63) is 39.8 Å². The summed E-state index contributed by atoms with van der Waals surface area (Å²) in [4.78, 5) is 0. The van der Waals surface area contributed by atoms with Crippen LogP contribution in [0.3, 0.4) is 0 Å². The smallest absolute Gasteiger partial charge is 0.305 e. The van der Waals surface area contributed by atoms with Crippen LogP contribution >= 0.6 is 11.3 Å². The largest absolute Gasteiger partial charge is 0.449 e. The lowest BCUT2D eigenvalue weighted by Crippen LogP contribution is -2.20. The summed E-state index contributed by atoms with van der Waals surface area (Å²) in [7, 11) is -0.202. The van der Waals surface area contributed by atoms with Crippen LogP contribution in [0, 0.1) is 12.7 Å². The van der Waals surface area contributed by atoms with Gasteiger partial charge >= 0.3 is 7.48 Å². The second kappa shape index (κ2) is 5.00. The zero-order valence-electron chi connectivity index (χ0n) is 9.40. The first-order valence-corrected chi connectivity index (χ1v) is 6.17. The average Bonchev–Trinajstić information content (AvgIpc) is 2.75. The van der Waals surface area contributed by atoms with Crippen molar-refractivity contribution >= 4 is 24.3 Å². The van der Waals surface area contributed by atoms with Crippen LogP contribution in [-0.2, 0) is 6.61 Å². The van der Waals surface area contributed by atoms with E-state index in [-0.39, 0.29) is 19.9 Å². The second-order valence-corrected chi connectivity index (χ2v) is 4.63. The average molecular weight is 250 g/mol. The van der Waals surface area contributed by atoms with Gasteiger partial charge in [0.2, 0.25) is 0 Å². The normalized spacial score (nSPS) is 10.6. The molecule has 2 rings (SSSR count). The first-order chi connectivity index (χ1) is 8.17. The van der Waals surface area contributed by atoms with Gasteiger partial charge in [-0.15, -0.1) is 0 Å². The fourth-order valence-corrected chi connectivity index (χ4v) is 2.64. The summed E-state index contributed by atoms with van der Waals surface area (Å²) >= 11 is 1.51. The topological polar surface area (TPSA) is 40.5 Å². The molecule has 17 heavy (non-hydrogen) atoms. The monoisotopic (exact) mass is 250 g/mol. The molecule has 0 radical (unpaired) electrons. The molecule has 0 fully saturated rings. The highest BCUT2D eigenvalue weighted by Crippen LogP contribution is 2.28. The van der Waals surface area contributed by atoms with Crippen molar-refractivity contribution in [2.75, 3.05) is 0 Å². The maximum Gasteiger partial charge on any atom is 0.305 e. The van der Waals surface area contributed by atoms with E-state index in [1.165, 1.54) is 17.4 Å². The Morgan fingerprint density at radius 3 is 2.59 bits per heavy atom. The quantitative estimate of drug-likeness (QED) is 0.806. The summed E-state index contributed by atoms with van der Waals surface area (Å²) in [6.45, 7) is 1.65. The van der Waals surface area contributed by atoms with Crippen molar-refractivity contribution in [2.24, 2.45) is 0 Å². The molecule has 1 aromatic heterocycles. The summed E-state index contributed by atoms with van der Waals surface area (Å²) < 4.78 is 13.9. The number of aliphatic hydroxyl groups excluding tert-OH is 1. The Labute approximate surface area is 104 Å². The summed E-state index contributed by atoms with van der Waals surface area (Å²) in [5.41, 5.74) is 3.32. The van der Waals surface area contributed by atoms with E-state index < -0.39 is 0 Å². The van der Waals surface area contributed by atoms with Gasteiger partial charge in [0.05, 0.1) is 6.61 Å². The highest BCUT2D eigenvalue weighted by molar-refractivity contribution is 7.08. The number of hydrogen-bond acceptors (Lipinski definition) is 3. The Morgan fingerprint density at radius 1 is 1.29 bits per heavy atom. The van der Waals surface area contributed by atoms with E-state index in [9.17, 15) is 9.41 Å². The van der Waals surface area contributed by atoms with Crippen molar-refractivity contribution in [3.63, 3.8) is 0 Å². The van der Waals surface area contributed by atoms with Gasteiger partial charge in [-0.1, -0.05) is 6.07 Å². The van der Waals surface area contributed by atoms with Crippen LogP contribution in [0.4, 0.5) is 4.39 Å². The lowest BCUT2D eigenvalue weighted by molar-refractivity contribution is 0.282. The molecule has 0 atom stereocenters. The van der Waals surface area contributed by atoms with Crippen molar-refractivity contribution in [3.8, 4) is 11.1 Å². The number of rotatable bonds is 3. The minimum absolute atomic E-state index is 0.202. The Bertz CT molecular complexity index is 539. The first kappa shape index (κ1) is 12.3. The molecule has 0 aliphatic rings. The summed E-state index contributed by atoms with van der Waals surface area (Å²) in [6, 6.07) is 2.90. The molecule has 0 saturated heterocycles. The zero-order valence-corrected chi connectivity index (χ0v) is 10.2. The van der Waals surface area contributed by atoms with Gasteiger partial charge in [-0.05, 0) is 45.9 Å². The molecule has 88 valence electrons. The fourth-order valence-electron chi connectivity index (χ4n) is 1.80. The SMILES string of the molecule is Cc1cscc1-c1cc(BO)c(CO)cc1F. The lowest BCUT2D eigenvalue weighted by atomic mass is 9.82. The molecule has 2 nitrogen and oxygen atoms in total. The third-order valence-corrected chi connectivity index (χ3v) is 3.64. The fraction of sp³-hybridized carbons (Fsp3) is 0.167. The first-order valence-electron chi connectivity index (χ1n) is 5.23. The molecule has 1 heterocycles. The van der Waals surface area contributed by atoms with Gasteiger partial charge in [-0.3, -0.25) is 0 Å². The van der Waals surface area contributed by atoms with E-state index in [1.807, 2.05) is 17.7 Å². The van der Waals surface area contributed by atoms with Crippen molar-refractivity contribution in [1.82, 2.24) is 0 Å². The van der Waals surface area contributed by atoms with Crippen LogP contribution in [0.1, 0.15) is 11.1 Å². The lowest BCUT2D eigenvalue weighted by Gasteiger charge is -2.09. The highest BCUT2D eigenvalue weighted by atomic mass is 32.1. The van der Waals surface area contributed by atoms with Gasteiger partial charge in [-0.2, -0.15) is 11.3 Å². The van der Waals surface area contributed by atoms with Crippen molar-refractivity contribution in [2.45, 2.75) is 13.5 Å². The number of benzene rings is 1. The second-order valence-electron chi connectivity index (χ2n) is 3.89. The third kappa shape index (κ3) is 2.27. The molecular formula is C12H12BFO2S. The van der Waals surface area contributed by atoms with Gasteiger partial charge in [0.15, 0.2) is 0 Å². The molecular weight excluding hydrogens is 238 g/mol. The molecule has 0 saturated carbocycles. The molecule has 0 bridgehead atoms. The van der Waals surface area contributed by atoms with Crippen LogP contribution in [-0.4, -0.2) is 17.6 Å².